The molecule has 0 fully saturated rings. The molecule has 0 amide bonds. The Morgan fingerprint density at radius 3 is 1.22 bits per heavy atom. The van der Waals surface area contributed by atoms with Gasteiger partial charge in [0.1, 0.15) is 0 Å². The van der Waals surface area contributed by atoms with Gasteiger partial charge in [-0.2, -0.15) is 22.0 Å². The number of hydrogen-bond acceptors (Lipinski definition) is 1. The van der Waals surface area contributed by atoms with Gasteiger partial charge < -0.3 is 5.11 Å². The van der Waals surface area contributed by atoms with E-state index in [1.165, 1.54) is 24.3 Å². The van der Waals surface area contributed by atoms with Crippen molar-refractivity contribution in [1.82, 2.24) is 0 Å². The standard InChI is InChI=1S/C15H9Br2F5O/c16-11-5-1-9(2-6-11)13(23,14(18,19)15(20,21)22)10-3-7-12(17)8-4-10/h1-8,23H. The number of benzene rings is 2. The Balaban J connectivity index is 2.73. The van der Waals surface area contributed by atoms with E-state index in [1.54, 1.807) is 0 Å². The van der Waals surface area contributed by atoms with Crippen molar-refractivity contribution in [3.05, 3.63) is 68.6 Å². The molecule has 23 heavy (non-hydrogen) atoms. The molecule has 1 N–H and O–H groups in total. The van der Waals surface area contributed by atoms with Gasteiger partial charge >= 0.3 is 12.1 Å². The Bertz CT molecular complexity index is 635. The summed E-state index contributed by atoms with van der Waals surface area (Å²) in [5.74, 6) is -5.39. The Morgan fingerprint density at radius 2 is 0.957 bits per heavy atom. The molecule has 0 aliphatic rings. The molecule has 0 aliphatic heterocycles. The van der Waals surface area contributed by atoms with E-state index in [-0.39, 0.29) is 0 Å². The molecule has 0 aliphatic carbocycles. The van der Waals surface area contributed by atoms with Gasteiger partial charge in [-0.05, 0) is 35.4 Å². The van der Waals surface area contributed by atoms with Crippen LogP contribution < -0.4 is 0 Å². The second kappa shape index (κ2) is 6.14. The molecule has 2 rings (SSSR count). The van der Waals surface area contributed by atoms with Crippen LogP contribution in [-0.4, -0.2) is 17.2 Å². The van der Waals surface area contributed by atoms with E-state index in [2.05, 4.69) is 31.9 Å². The quantitative estimate of drug-likeness (QED) is 0.588. The second-order valence-corrected chi connectivity index (χ2v) is 6.63. The molecule has 0 heterocycles. The minimum Gasteiger partial charge on any atom is -0.374 e. The minimum atomic E-state index is -5.93. The number of aliphatic hydroxyl groups is 1. The lowest BCUT2D eigenvalue weighted by Gasteiger charge is -2.37. The zero-order chi connectivity index (χ0) is 17.5. The Kier molecular flexibility index (Phi) is 4.90. The second-order valence-electron chi connectivity index (χ2n) is 4.80. The van der Waals surface area contributed by atoms with Crippen LogP contribution in [0.25, 0.3) is 0 Å². The van der Waals surface area contributed by atoms with Crippen LogP contribution in [0.15, 0.2) is 57.5 Å². The fourth-order valence-electron chi connectivity index (χ4n) is 2.12. The lowest BCUT2D eigenvalue weighted by molar-refractivity contribution is -0.336. The fourth-order valence-corrected chi connectivity index (χ4v) is 2.65. The van der Waals surface area contributed by atoms with Gasteiger partial charge in [0.05, 0.1) is 0 Å². The van der Waals surface area contributed by atoms with Crippen molar-refractivity contribution in [3.63, 3.8) is 0 Å². The molecule has 124 valence electrons. The van der Waals surface area contributed by atoms with Crippen LogP contribution in [0.1, 0.15) is 11.1 Å². The van der Waals surface area contributed by atoms with Gasteiger partial charge in [-0.3, -0.25) is 0 Å². The van der Waals surface area contributed by atoms with E-state index in [9.17, 15) is 27.1 Å². The average molecular weight is 460 g/mol. The van der Waals surface area contributed by atoms with Crippen molar-refractivity contribution >= 4 is 31.9 Å². The van der Waals surface area contributed by atoms with Gasteiger partial charge in [-0.15, -0.1) is 0 Å². The summed E-state index contributed by atoms with van der Waals surface area (Å²) in [6.45, 7) is 0. The van der Waals surface area contributed by atoms with Crippen LogP contribution in [0.4, 0.5) is 22.0 Å². The zero-order valence-corrected chi connectivity index (χ0v) is 14.4. The molecular formula is C15H9Br2F5O. The SMILES string of the molecule is OC(c1ccc(Br)cc1)(c1ccc(Br)cc1)C(F)(F)C(F)(F)F. The van der Waals surface area contributed by atoms with Gasteiger partial charge in [0.25, 0.3) is 0 Å². The molecule has 8 heteroatoms. The van der Waals surface area contributed by atoms with E-state index in [4.69, 9.17) is 0 Å². The zero-order valence-electron chi connectivity index (χ0n) is 11.2. The maximum absolute atomic E-state index is 14.2. The minimum absolute atomic E-state index is 0.481. The normalized spacial score (nSPS) is 13.2. The molecule has 0 atom stereocenters. The van der Waals surface area contributed by atoms with Crippen LogP contribution in [0.3, 0.4) is 0 Å². The van der Waals surface area contributed by atoms with Crippen LogP contribution in [0.2, 0.25) is 0 Å². The van der Waals surface area contributed by atoms with E-state index in [0.29, 0.717) is 8.95 Å². The summed E-state index contributed by atoms with van der Waals surface area (Å²) in [7, 11) is 0. The number of halogens is 7. The monoisotopic (exact) mass is 458 g/mol. The summed E-state index contributed by atoms with van der Waals surface area (Å²) in [6.07, 6.45) is -5.93. The van der Waals surface area contributed by atoms with E-state index in [1.807, 2.05) is 0 Å². The third-order valence-electron chi connectivity index (χ3n) is 3.33. The molecule has 2 aromatic rings. The van der Waals surface area contributed by atoms with Gasteiger partial charge in [0.2, 0.25) is 0 Å². The summed E-state index contributed by atoms with van der Waals surface area (Å²) < 4.78 is 68.1. The summed E-state index contributed by atoms with van der Waals surface area (Å²) in [6, 6.07) is 9.21. The highest BCUT2D eigenvalue weighted by atomic mass is 79.9. The first-order valence-corrected chi connectivity index (χ1v) is 7.78. The number of alkyl halides is 5. The smallest absolute Gasteiger partial charge is 0.374 e. The van der Waals surface area contributed by atoms with E-state index in [0.717, 1.165) is 24.3 Å². The highest BCUT2D eigenvalue weighted by Gasteiger charge is 2.71. The van der Waals surface area contributed by atoms with Crippen LogP contribution in [0, 0.1) is 0 Å². The van der Waals surface area contributed by atoms with E-state index >= 15 is 0 Å². The third kappa shape index (κ3) is 3.16. The maximum Gasteiger partial charge on any atom is 0.457 e. The predicted octanol–water partition coefficient (Wildman–Crippen LogP) is 5.65. The highest BCUT2D eigenvalue weighted by molar-refractivity contribution is 9.10. The Hall–Kier alpha value is -0.990. The first-order valence-electron chi connectivity index (χ1n) is 6.19. The Morgan fingerprint density at radius 1 is 0.652 bits per heavy atom. The molecule has 0 spiro atoms. The van der Waals surface area contributed by atoms with Gasteiger partial charge in [0.15, 0.2) is 5.60 Å². The molecule has 2 aromatic carbocycles. The number of hydrogen-bond donors (Lipinski definition) is 1. The van der Waals surface area contributed by atoms with Gasteiger partial charge in [-0.25, -0.2) is 0 Å². The molecule has 0 aromatic heterocycles. The first-order chi connectivity index (χ1) is 10.5. The maximum atomic E-state index is 14.2. The molecule has 0 radical (unpaired) electrons. The highest BCUT2D eigenvalue weighted by Crippen LogP contribution is 2.51. The summed E-state index contributed by atoms with van der Waals surface area (Å²) in [5.41, 5.74) is -4.68. The molecule has 0 unspecified atom stereocenters. The van der Waals surface area contributed by atoms with Gasteiger partial charge in [0, 0.05) is 8.95 Å². The van der Waals surface area contributed by atoms with Crippen molar-refractivity contribution in [1.29, 1.82) is 0 Å². The predicted molar refractivity (Wildman–Crippen MR) is 82.3 cm³/mol. The molecular weight excluding hydrogens is 451 g/mol. The summed E-state index contributed by atoms with van der Waals surface area (Å²) in [5, 5.41) is 10.5. The Labute approximate surface area is 145 Å². The molecule has 0 saturated heterocycles. The van der Waals surface area contributed by atoms with Crippen molar-refractivity contribution in [2.45, 2.75) is 17.7 Å². The van der Waals surface area contributed by atoms with Crippen LogP contribution >= 0.6 is 31.9 Å². The van der Waals surface area contributed by atoms with Crippen LogP contribution in [-0.2, 0) is 5.60 Å². The first kappa shape index (κ1) is 18.4. The molecule has 0 saturated carbocycles. The molecule has 0 bridgehead atoms. The van der Waals surface area contributed by atoms with Crippen LogP contribution in [0.5, 0.6) is 0 Å². The van der Waals surface area contributed by atoms with Crippen molar-refractivity contribution < 1.29 is 27.1 Å². The lowest BCUT2D eigenvalue weighted by atomic mass is 9.80. The fraction of sp³-hybridized carbons (Fsp3) is 0.200. The topological polar surface area (TPSA) is 20.2 Å². The van der Waals surface area contributed by atoms with Crippen molar-refractivity contribution in [2.24, 2.45) is 0 Å². The largest absolute Gasteiger partial charge is 0.457 e. The lowest BCUT2D eigenvalue weighted by Crippen LogP contribution is -2.55. The number of rotatable bonds is 3. The van der Waals surface area contributed by atoms with Crippen molar-refractivity contribution in [2.75, 3.05) is 0 Å². The third-order valence-corrected chi connectivity index (χ3v) is 4.39. The summed E-state index contributed by atoms with van der Waals surface area (Å²) in [4.78, 5) is 0. The van der Waals surface area contributed by atoms with Crippen molar-refractivity contribution in [3.8, 4) is 0 Å². The summed E-state index contributed by atoms with van der Waals surface area (Å²) >= 11 is 6.14. The van der Waals surface area contributed by atoms with E-state index < -0.39 is 28.8 Å². The average Bonchev–Trinajstić information content (AvgIpc) is 2.46. The van der Waals surface area contributed by atoms with Gasteiger partial charge in [-0.1, -0.05) is 56.1 Å². The molecule has 1 nitrogen and oxygen atoms in total.